The third-order valence-electron chi connectivity index (χ3n) is 4.19. The van der Waals surface area contributed by atoms with Crippen molar-refractivity contribution in [3.05, 3.63) is 35.2 Å². The second kappa shape index (κ2) is 6.08. The third-order valence-corrected chi connectivity index (χ3v) is 5.30. The summed E-state index contributed by atoms with van der Waals surface area (Å²) >= 11 is 1.71. The van der Waals surface area contributed by atoms with Crippen LogP contribution in [0.4, 0.5) is 0 Å². The molecule has 0 unspecified atom stereocenters. The molecule has 2 amide bonds. The lowest BCUT2D eigenvalue weighted by Crippen LogP contribution is -2.39. The molecular formula is C17H20N2O2S. The van der Waals surface area contributed by atoms with E-state index in [1.165, 1.54) is 10.1 Å². The Hall–Kier alpha value is -1.88. The highest BCUT2D eigenvalue weighted by molar-refractivity contribution is 7.19. The minimum Gasteiger partial charge on any atom is -0.351 e. The van der Waals surface area contributed by atoms with Gasteiger partial charge in [-0.25, -0.2) is 0 Å². The van der Waals surface area contributed by atoms with Crippen molar-refractivity contribution in [3.63, 3.8) is 0 Å². The van der Waals surface area contributed by atoms with Gasteiger partial charge in [-0.15, -0.1) is 11.3 Å². The molecule has 1 aliphatic rings. The molecule has 1 atom stereocenters. The van der Waals surface area contributed by atoms with Crippen LogP contribution in [-0.2, 0) is 16.1 Å². The fourth-order valence-electron chi connectivity index (χ4n) is 2.83. The molecule has 1 fully saturated rings. The summed E-state index contributed by atoms with van der Waals surface area (Å²) in [5, 5.41) is 7.15. The fourth-order valence-corrected chi connectivity index (χ4v) is 3.83. The third kappa shape index (κ3) is 3.47. The Labute approximate surface area is 133 Å². The van der Waals surface area contributed by atoms with Gasteiger partial charge in [-0.05, 0) is 37.3 Å². The molecular weight excluding hydrogens is 296 g/mol. The molecule has 22 heavy (non-hydrogen) atoms. The van der Waals surface area contributed by atoms with Gasteiger partial charge in [-0.3, -0.25) is 9.59 Å². The van der Waals surface area contributed by atoms with E-state index in [0.29, 0.717) is 25.8 Å². The molecule has 0 radical (unpaired) electrons. The normalized spacial score (nSPS) is 21.0. The van der Waals surface area contributed by atoms with Crippen LogP contribution in [0.3, 0.4) is 0 Å². The van der Waals surface area contributed by atoms with E-state index < -0.39 is 0 Å². The Morgan fingerprint density at radius 2 is 2.23 bits per heavy atom. The van der Waals surface area contributed by atoms with Crippen LogP contribution in [0.1, 0.15) is 37.5 Å². The Morgan fingerprint density at radius 3 is 2.95 bits per heavy atom. The minimum atomic E-state index is -0.216. The van der Waals surface area contributed by atoms with Crippen molar-refractivity contribution in [1.29, 1.82) is 0 Å². The zero-order chi connectivity index (χ0) is 15.6. The summed E-state index contributed by atoms with van der Waals surface area (Å²) in [5.74, 6) is 0.132. The molecule has 2 N–H and O–H groups in total. The molecule has 1 aliphatic heterocycles. The van der Waals surface area contributed by atoms with E-state index in [9.17, 15) is 9.59 Å². The summed E-state index contributed by atoms with van der Waals surface area (Å²) in [5.41, 5.74) is -0.216. The number of rotatable bonds is 5. The zero-order valence-electron chi connectivity index (χ0n) is 12.6. The molecule has 1 aromatic carbocycles. The first kappa shape index (κ1) is 15.0. The number of hydrogen-bond donors (Lipinski definition) is 2. The first-order chi connectivity index (χ1) is 10.5. The van der Waals surface area contributed by atoms with Crippen LogP contribution in [0.5, 0.6) is 0 Å². The van der Waals surface area contributed by atoms with Gasteiger partial charge in [0.2, 0.25) is 11.8 Å². The highest BCUT2D eigenvalue weighted by Crippen LogP contribution is 2.26. The second-order valence-electron chi connectivity index (χ2n) is 6.14. The molecule has 2 aromatic rings. The molecule has 0 saturated carbocycles. The number of benzene rings is 1. The Balaban J connectivity index is 1.49. The maximum Gasteiger partial charge on any atom is 0.220 e. The molecule has 5 heteroatoms. The maximum absolute atomic E-state index is 12.0. The van der Waals surface area contributed by atoms with Gasteiger partial charge in [0, 0.05) is 28.0 Å². The number of hydrogen-bond acceptors (Lipinski definition) is 3. The van der Waals surface area contributed by atoms with Gasteiger partial charge in [0.25, 0.3) is 0 Å². The number of nitrogens with one attached hydrogen (secondary N) is 2. The van der Waals surface area contributed by atoms with Crippen molar-refractivity contribution in [2.24, 2.45) is 0 Å². The molecule has 3 rings (SSSR count). The smallest absolute Gasteiger partial charge is 0.220 e. The van der Waals surface area contributed by atoms with Gasteiger partial charge in [0.15, 0.2) is 0 Å². The molecule has 1 saturated heterocycles. The van der Waals surface area contributed by atoms with E-state index in [1.54, 1.807) is 11.3 Å². The van der Waals surface area contributed by atoms with E-state index in [1.807, 2.05) is 19.1 Å². The van der Waals surface area contributed by atoms with Crippen molar-refractivity contribution < 1.29 is 9.59 Å². The lowest BCUT2D eigenvalue weighted by atomic mass is 9.94. The van der Waals surface area contributed by atoms with Gasteiger partial charge < -0.3 is 10.6 Å². The maximum atomic E-state index is 12.0. The standard InChI is InChI=1S/C17H20N2O2S/c1-17(9-7-16(21)19-17)8-6-15(20)18-11-13-10-12-4-2-3-5-14(12)22-13/h2-5,10H,6-9,11H2,1H3,(H,18,20)(H,19,21)/t17-/m1/s1. The van der Waals surface area contributed by atoms with Crippen LogP contribution >= 0.6 is 11.3 Å². The molecule has 1 aromatic heterocycles. The van der Waals surface area contributed by atoms with Gasteiger partial charge in [0.1, 0.15) is 0 Å². The van der Waals surface area contributed by atoms with Crippen LogP contribution in [0.15, 0.2) is 30.3 Å². The Morgan fingerprint density at radius 1 is 1.41 bits per heavy atom. The highest BCUT2D eigenvalue weighted by Gasteiger charge is 2.32. The molecule has 0 aliphatic carbocycles. The van der Waals surface area contributed by atoms with E-state index in [2.05, 4.69) is 28.8 Å². The number of amides is 2. The minimum absolute atomic E-state index is 0.0415. The first-order valence-corrected chi connectivity index (χ1v) is 8.41. The van der Waals surface area contributed by atoms with E-state index >= 15 is 0 Å². The van der Waals surface area contributed by atoms with E-state index in [0.717, 1.165) is 11.3 Å². The predicted octanol–water partition coefficient (Wildman–Crippen LogP) is 2.97. The Kier molecular flexibility index (Phi) is 4.16. The molecule has 0 bridgehead atoms. The largest absolute Gasteiger partial charge is 0.351 e. The molecule has 2 heterocycles. The fraction of sp³-hybridized carbons (Fsp3) is 0.412. The van der Waals surface area contributed by atoms with Crippen LogP contribution in [0.25, 0.3) is 10.1 Å². The number of thiophene rings is 1. The van der Waals surface area contributed by atoms with E-state index in [-0.39, 0.29) is 17.4 Å². The number of carbonyl (C=O) groups excluding carboxylic acids is 2. The number of fused-ring (bicyclic) bond motifs is 1. The average Bonchev–Trinajstić information content (AvgIpc) is 3.06. The summed E-state index contributed by atoms with van der Waals surface area (Å²) in [6, 6.07) is 10.3. The van der Waals surface area contributed by atoms with Crippen LogP contribution in [0.2, 0.25) is 0 Å². The lowest BCUT2D eigenvalue weighted by molar-refractivity contribution is -0.122. The topological polar surface area (TPSA) is 58.2 Å². The summed E-state index contributed by atoms with van der Waals surface area (Å²) < 4.78 is 1.24. The first-order valence-electron chi connectivity index (χ1n) is 7.59. The summed E-state index contributed by atoms with van der Waals surface area (Å²) in [4.78, 5) is 24.4. The van der Waals surface area contributed by atoms with Crippen LogP contribution < -0.4 is 10.6 Å². The summed E-state index contributed by atoms with van der Waals surface area (Å²) in [7, 11) is 0. The Bertz CT molecular complexity index is 677. The SMILES string of the molecule is C[C@@]1(CCC(=O)NCc2cc3ccccc3s2)CCC(=O)N1. The van der Waals surface area contributed by atoms with Gasteiger partial charge in [-0.1, -0.05) is 18.2 Å². The highest BCUT2D eigenvalue weighted by atomic mass is 32.1. The number of carbonyl (C=O) groups is 2. The van der Waals surface area contributed by atoms with Crippen molar-refractivity contribution in [1.82, 2.24) is 10.6 Å². The quantitative estimate of drug-likeness (QED) is 0.891. The molecule has 0 spiro atoms. The zero-order valence-corrected chi connectivity index (χ0v) is 13.5. The van der Waals surface area contributed by atoms with Gasteiger partial charge >= 0.3 is 0 Å². The van der Waals surface area contributed by atoms with Crippen molar-refractivity contribution in [2.45, 2.75) is 44.7 Å². The summed E-state index contributed by atoms with van der Waals surface area (Å²) in [6.07, 6.45) is 2.52. The monoisotopic (exact) mass is 316 g/mol. The lowest BCUT2D eigenvalue weighted by Gasteiger charge is -2.23. The van der Waals surface area contributed by atoms with Crippen molar-refractivity contribution in [3.8, 4) is 0 Å². The predicted molar refractivity (Wildman–Crippen MR) is 88.7 cm³/mol. The van der Waals surface area contributed by atoms with Crippen LogP contribution in [0, 0.1) is 0 Å². The van der Waals surface area contributed by atoms with Gasteiger partial charge in [-0.2, -0.15) is 0 Å². The average molecular weight is 316 g/mol. The van der Waals surface area contributed by atoms with E-state index in [4.69, 9.17) is 0 Å². The summed E-state index contributed by atoms with van der Waals surface area (Å²) in [6.45, 7) is 2.58. The van der Waals surface area contributed by atoms with Crippen molar-refractivity contribution in [2.75, 3.05) is 0 Å². The second-order valence-corrected chi connectivity index (χ2v) is 7.30. The van der Waals surface area contributed by atoms with Crippen LogP contribution in [-0.4, -0.2) is 17.4 Å². The van der Waals surface area contributed by atoms with Gasteiger partial charge in [0.05, 0.1) is 6.54 Å². The van der Waals surface area contributed by atoms with Crippen molar-refractivity contribution >= 4 is 33.2 Å². The molecule has 116 valence electrons. The molecule has 4 nitrogen and oxygen atoms in total.